The normalized spacial score (nSPS) is 44.6. The Hall–Kier alpha value is -1.46. The lowest BCUT2D eigenvalue weighted by Gasteiger charge is -2.59. The van der Waals surface area contributed by atoms with E-state index in [2.05, 4.69) is 46.8 Å². The maximum absolute atomic E-state index is 12.9. The van der Waals surface area contributed by atoms with E-state index in [0.717, 1.165) is 44.9 Å². The number of ether oxygens (including phenoxy) is 2. The number of esters is 1. The van der Waals surface area contributed by atoms with E-state index < -0.39 is 5.60 Å². The number of epoxide rings is 1. The molecule has 5 heteroatoms. The highest BCUT2D eigenvalue weighted by Gasteiger charge is 2.63. The number of carbonyl (C=O) groups is 2. The number of Topliss-reactive ketones (excluding diaryl/α,β-unsaturated/α-hetero) is 1. The SMILES string of the molecule is CC(=O)OC[C@H](CCC1OC1(C)CO)[C@H]1CC[C@@]2(C)C3=CC[C@H]4C(C)(C)C(=O)CC[C@]4(C)C3=CC[C@]12C. The zero-order valence-corrected chi connectivity index (χ0v) is 24.1. The molecule has 0 aromatic rings. The van der Waals surface area contributed by atoms with Gasteiger partial charge in [-0.25, -0.2) is 0 Å². The minimum Gasteiger partial charge on any atom is -0.466 e. The summed E-state index contributed by atoms with van der Waals surface area (Å²) in [6.45, 7) is 15.7. The van der Waals surface area contributed by atoms with Gasteiger partial charge >= 0.3 is 5.97 Å². The molecule has 1 aliphatic heterocycles. The molecule has 1 saturated heterocycles. The molecule has 4 aliphatic carbocycles. The van der Waals surface area contributed by atoms with Crippen molar-refractivity contribution in [2.75, 3.05) is 13.2 Å². The lowest BCUT2D eigenvalue weighted by molar-refractivity contribution is -0.143. The van der Waals surface area contributed by atoms with Crippen LogP contribution < -0.4 is 0 Å². The standard InChI is InChI=1S/C32H48O5/c1-20(34)36-18-21(8-11-27-32(7,19-33)37-27)22-12-16-31(6)24-9-10-25-28(2,3)26(35)14-15-29(25,4)23(24)13-17-30(22,31)5/h9,13,21-22,25,27,33H,8,10-12,14-19H2,1-7H3/t21-,22+,25-,27?,29+,30+,31-,32?/m0/s1. The third kappa shape index (κ3) is 3.92. The Morgan fingerprint density at radius 3 is 2.51 bits per heavy atom. The topological polar surface area (TPSA) is 76.1 Å². The van der Waals surface area contributed by atoms with Crippen molar-refractivity contribution in [2.45, 2.75) is 112 Å². The maximum Gasteiger partial charge on any atom is 0.302 e. The van der Waals surface area contributed by atoms with Crippen molar-refractivity contribution >= 4 is 11.8 Å². The summed E-state index contributed by atoms with van der Waals surface area (Å²) in [5.41, 5.74) is 2.59. The van der Waals surface area contributed by atoms with Crippen LogP contribution in [-0.2, 0) is 19.1 Å². The fourth-order valence-corrected chi connectivity index (χ4v) is 9.39. The first-order valence-corrected chi connectivity index (χ1v) is 14.6. The van der Waals surface area contributed by atoms with Gasteiger partial charge < -0.3 is 14.6 Å². The molecule has 5 rings (SSSR count). The van der Waals surface area contributed by atoms with Crippen molar-refractivity contribution in [1.29, 1.82) is 0 Å². The van der Waals surface area contributed by atoms with Crippen LogP contribution in [0.4, 0.5) is 0 Å². The van der Waals surface area contributed by atoms with E-state index >= 15 is 0 Å². The van der Waals surface area contributed by atoms with Crippen LogP contribution in [-0.4, -0.2) is 41.8 Å². The lowest BCUT2D eigenvalue weighted by atomic mass is 9.44. The van der Waals surface area contributed by atoms with Crippen LogP contribution in [0.25, 0.3) is 0 Å². The largest absolute Gasteiger partial charge is 0.466 e. The third-order valence-electron chi connectivity index (χ3n) is 12.3. The van der Waals surface area contributed by atoms with Crippen LogP contribution >= 0.6 is 0 Å². The highest BCUT2D eigenvalue weighted by Crippen LogP contribution is 2.71. The van der Waals surface area contributed by atoms with E-state index in [1.807, 2.05) is 6.92 Å². The molecule has 1 N–H and O–H groups in total. The van der Waals surface area contributed by atoms with Gasteiger partial charge in [0.15, 0.2) is 0 Å². The second kappa shape index (κ2) is 8.78. The van der Waals surface area contributed by atoms with Gasteiger partial charge in [0.05, 0.1) is 19.3 Å². The third-order valence-corrected chi connectivity index (χ3v) is 12.3. The first-order valence-electron chi connectivity index (χ1n) is 14.6. The molecule has 2 unspecified atom stereocenters. The Morgan fingerprint density at radius 2 is 1.86 bits per heavy atom. The number of ketones is 1. The van der Waals surface area contributed by atoms with Crippen LogP contribution in [0.5, 0.6) is 0 Å². The number of aliphatic hydroxyl groups excluding tert-OH is 1. The van der Waals surface area contributed by atoms with Crippen molar-refractivity contribution < 1.29 is 24.2 Å². The number of rotatable bonds is 7. The molecule has 206 valence electrons. The fourth-order valence-electron chi connectivity index (χ4n) is 9.39. The predicted octanol–water partition coefficient (Wildman–Crippen LogP) is 6.19. The van der Waals surface area contributed by atoms with Gasteiger partial charge in [0.25, 0.3) is 0 Å². The number of allylic oxidation sites excluding steroid dienone is 4. The summed E-state index contributed by atoms with van der Waals surface area (Å²) in [5.74, 6) is 1.29. The van der Waals surface area contributed by atoms with Crippen molar-refractivity contribution in [1.82, 2.24) is 0 Å². The molecule has 2 saturated carbocycles. The van der Waals surface area contributed by atoms with E-state index in [-0.39, 0.29) is 46.3 Å². The highest BCUT2D eigenvalue weighted by molar-refractivity contribution is 5.86. The van der Waals surface area contributed by atoms with Crippen LogP contribution in [0.2, 0.25) is 0 Å². The summed E-state index contributed by atoms with van der Waals surface area (Å²) in [5, 5.41) is 9.65. The molecular weight excluding hydrogens is 464 g/mol. The fraction of sp³-hybridized carbons (Fsp3) is 0.812. The van der Waals surface area contributed by atoms with Crippen LogP contribution in [0, 0.1) is 39.4 Å². The number of hydrogen-bond acceptors (Lipinski definition) is 5. The van der Waals surface area contributed by atoms with E-state index in [9.17, 15) is 14.7 Å². The van der Waals surface area contributed by atoms with E-state index in [1.54, 1.807) is 0 Å². The summed E-state index contributed by atoms with van der Waals surface area (Å²) in [6.07, 6.45) is 12.9. The minimum absolute atomic E-state index is 0.0510. The monoisotopic (exact) mass is 512 g/mol. The van der Waals surface area contributed by atoms with Gasteiger partial charge in [0.2, 0.25) is 0 Å². The molecule has 37 heavy (non-hydrogen) atoms. The van der Waals surface area contributed by atoms with Crippen molar-refractivity contribution in [3.8, 4) is 0 Å². The van der Waals surface area contributed by atoms with Crippen LogP contribution in [0.1, 0.15) is 99.8 Å². The molecule has 0 aromatic heterocycles. The van der Waals surface area contributed by atoms with Crippen LogP contribution in [0.15, 0.2) is 23.3 Å². The zero-order chi connectivity index (χ0) is 27.0. The Labute approximate surface area is 223 Å². The summed E-state index contributed by atoms with van der Waals surface area (Å²) < 4.78 is 11.4. The first-order chi connectivity index (χ1) is 17.2. The summed E-state index contributed by atoms with van der Waals surface area (Å²) in [4.78, 5) is 24.7. The van der Waals surface area contributed by atoms with Crippen LogP contribution in [0.3, 0.4) is 0 Å². The molecule has 1 heterocycles. The quantitative estimate of drug-likeness (QED) is 0.325. The summed E-state index contributed by atoms with van der Waals surface area (Å²) in [6, 6.07) is 0. The molecule has 5 aliphatic rings. The van der Waals surface area contributed by atoms with Gasteiger partial charge in [-0.1, -0.05) is 46.8 Å². The minimum atomic E-state index is -0.406. The van der Waals surface area contributed by atoms with Gasteiger partial charge in [-0.3, -0.25) is 9.59 Å². The zero-order valence-electron chi connectivity index (χ0n) is 24.1. The van der Waals surface area contributed by atoms with Crippen molar-refractivity contribution in [3.63, 3.8) is 0 Å². The predicted molar refractivity (Wildman–Crippen MR) is 144 cm³/mol. The molecule has 0 bridgehead atoms. The molecular formula is C32H48O5. The molecule has 8 atom stereocenters. The summed E-state index contributed by atoms with van der Waals surface area (Å²) >= 11 is 0. The Kier molecular flexibility index (Phi) is 6.43. The number of fused-ring (bicyclic) bond motifs is 5. The number of carbonyl (C=O) groups excluding carboxylic acids is 2. The molecule has 0 radical (unpaired) electrons. The highest BCUT2D eigenvalue weighted by atomic mass is 16.6. The van der Waals surface area contributed by atoms with Crippen molar-refractivity contribution in [3.05, 3.63) is 23.3 Å². The average molecular weight is 513 g/mol. The Morgan fingerprint density at radius 1 is 1.14 bits per heavy atom. The molecule has 0 amide bonds. The average Bonchev–Trinajstić information content (AvgIpc) is 3.41. The smallest absolute Gasteiger partial charge is 0.302 e. The molecule has 0 aromatic carbocycles. The molecule has 5 nitrogen and oxygen atoms in total. The van der Waals surface area contributed by atoms with E-state index in [4.69, 9.17) is 9.47 Å². The second-order valence-corrected chi connectivity index (χ2v) is 14.4. The van der Waals surface area contributed by atoms with Gasteiger partial charge in [-0.2, -0.15) is 0 Å². The van der Waals surface area contributed by atoms with Gasteiger partial charge in [-0.05, 0) is 97.0 Å². The summed E-state index contributed by atoms with van der Waals surface area (Å²) in [7, 11) is 0. The van der Waals surface area contributed by atoms with Gasteiger partial charge in [0, 0.05) is 18.8 Å². The first kappa shape index (κ1) is 27.1. The molecule has 0 spiro atoms. The number of aliphatic hydroxyl groups is 1. The van der Waals surface area contributed by atoms with Gasteiger partial charge in [-0.15, -0.1) is 0 Å². The maximum atomic E-state index is 12.9. The van der Waals surface area contributed by atoms with Crippen molar-refractivity contribution in [2.24, 2.45) is 39.4 Å². The Bertz CT molecular complexity index is 1040. The lowest BCUT2D eigenvalue weighted by Crippen LogP contribution is -2.53. The second-order valence-electron chi connectivity index (χ2n) is 14.4. The van der Waals surface area contributed by atoms with E-state index in [0.29, 0.717) is 30.6 Å². The molecule has 3 fully saturated rings. The Balaban J connectivity index is 1.43. The van der Waals surface area contributed by atoms with Gasteiger partial charge in [0.1, 0.15) is 11.4 Å². The number of hydrogen-bond donors (Lipinski definition) is 1. The van der Waals surface area contributed by atoms with E-state index in [1.165, 1.54) is 18.1 Å².